The first-order valence-electron chi connectivity index (χ1n) is 10.6. The van der Waals surface area contributed by atoms with Gasteiger partial charge >= 0.3 is 0 Å². The van der Waals surface area contributed by atoms with Crippen LogP contribution in [0, 0.1) is 11.7 Å². The van der Waals surface area contributed by atoms with E-state index in [1.165, 1.54) is 16.2 Å². The van der Waals surface area contributed by atoms with Gasteiger partial charge in [0.15, 0.2) is 6.67 Å². The average Bonchev–Trinajstić information content (AvgIpc) is 3.03. The van der Waals surface area contributed by atoms with Gasteiger partial charge in [0.2, 0.25) is 4.77 Å². The van der Waals surface area contributed by atoms with Gasteiger partial charge in [-0.2, -0.15) is 9.78 Å². The van der Waals surface area contributed by atoms with Gasteiger partial charge in [-0.3, -0.25) is 4.57 Å². The minimum Gasteiger partial charge on any atom is -0.492 e. The van der Waals surface area contributed by atoms with Crippen molar-refractivity contribution in [3.8, 4) is 5.75 Å². The molecule has 6 nitrogen and oxygen atoms in total. The summed E-state index contributed by atoms with van der Waals surface area (Å²) in [7, 11) is 0. The van der Waals surface area contributed by atoms with Crippen molar-refractivity contribution in [3.63, 3.8) is 0 Å². The van der Waals surface area contributed by atoms with Gasteiger partial charge < -0.3 is 14.5 Å². The molecule has 0 amide bonds. The Balaban J connectivity index is 1.40. The fourth-order valence-electron chi connectivity index (χ4n) is 4.03. The van der Waals surface area contributed by atoms with Crippen molar-refractivity contribution in [2.45, 2.75) is 27.1 Å². The van der Waals surface area contributed by atoms with Crippen LogP contribution in [0.15, 0.2) is 54.6 Å². The zero-order valence-electron chi connectivity index (χ0n) is 17.8. The maximum Gasteiger partial charge on any atom is 0.203 e. The third-order valence-electron chi connectivity index (χ3n) is 5.64. The van der Waals surface area contributed by atoms with E-state index in [0.29, 0.717) is 6.61 Å². The number of piperazine rings is 1. The molecule has 1 aliphatic heterocycles. The van der Waals surface area contributed by atoms with E-state index in [-0.39, 0.29) is 0 Å². The fraction of sp³-hybridized carbons (Fsp3) is 0.391. The Hall–Kier alpha value is -2.64. The molecule has 30 heavy (non-hydrogen) atoms. The maximum absolute atomic E-state index is 5.81. The molecule has 0 aliphatic carbocycles. The van der Waals surface area contributed by atoms with Gasteiger partial charge in [0, 0.05) is 0 Å². The van der Waals surface area contributed by atoms with E-state index in [2.05, 4.69) is 51.9 Å². The molecule has 1 aliphatic rings. The number of hydrogen-bond donors (Lipinski definition) is 1. The van der Waals surface area contributed by atoms with Gasteiger partial charge in [-0.05, 0) is 43.8 Å². The van der Waals surface area contributed by atoms with Crippen LogP contribution in [-0.2, 0) is 13.2 Å². The standard InChI is InChI=1S/C23H29N5OS/c1-3-29-22-12-8-7-11-21(22)26-15-13-25(14-16-26)18-28-23(30)27(19(2)24-28)17-20-9-5-4-6-10-20/h4-12H,3,13-18H2,1-2H3/p+1. The van der Waals surface area contributed by atoms with Gasteiger partial charge in [-0.15, -0.1) is 0 Å². The molecule has 2 heterocycles. The third-order valence-corrected chi connectivity index (χ3v) is 6.07. The predicted octanol–water partition coefficient (Wildman–Crippen LogP) is 2.53. The molecule has 0 saturated carbocycles. The van der Waals surface area contributed by atoms with Crippen LogP contribution in [0.25, 0.3) is 0 Å². The molecule has 4 rings (SSSR count). The zero-order valence-corrected chi connectivity index (χ0v) is 18.6. The molecule has 0 atom stereocenters. The van der Waals surface area contributed by atoms with Crippen LogP contribution in [0.5, 0.6) is 5.75 Å². The molecule has 1 N–H and O–H groups in total. The van der Waals surface area contributed by atoms with Crippen LogP contribution < -0.4 is 14.5 Å². The Bertz CT molecular complexity index is 1020. The summed E-state index contributed by atoms with van der Waals surface area (Å²) >= 11 is 5.75. The fourth-order valence-corrected chi connectivity index (χ4v) is 4.33. The number of ether oxygens (including phenoxy) is 1. The summed E-state index contributed by atoms with van der Waals surface area (Å²) in [6.45, 7) is 10.4. The Labute approximate surface area is 183 Å². The monoisotopic (exact) mass is 424 g/mol. The van der Waals surface area contributed by atoms with E-state index in [1.54, 1.807) is 0 Å². The molecular weight excluding hydrogens is 394 g/mol. The molecule has 0 spiro atoms. The van der Waals surface area contributed by atoms with Crippen LogP contribution in [0.2, 0.25) is 0 Å². The van der Waals surface area contributed by atoms with Crippen molar-refractivity contribution in [2.75, 3.05) is 37.7 Å². The summed E-state index contributed by atoms with van der Waals surface area (Å²) in [5.41, 5.74) is 2.43. The summed E-state index contributed by atoms with van der Waals surface area (Å²) in [6.07, 6.45) is 0. The number of nitrogens with zero attached hydrogens (tertiary/aromatic N) is 4. The Morgan fingerprint density at radius 1 is 1.03 bits per heavy atom. The van der Waals surface area contributed by atoms with Crippen molar-refractivity contribution < 1.29 is 9.64 Å². The van der Waals surface area contributed by atoms with Gasteiger partial charge in [0.1, 0.15) is 11.6 Å². The van der Waals surface area contributed by atoms with E-state index >= 15 is 0 Å². The number of nitrogens with one attached hydrogen (secondary N) is 1. The number of quaternary nitrogens is 1. The number of rotatable bonds is 7. The van der Waals surface area contributed by atoms with Crippen LogP contribution in [0.1, 0.15) is 18.3 Å². The molecule has 0 unspecified atom stereocenters. The van der Waals surface area contributed by atoms with Gasteiger partial charge in [-0.25, -0.2) is 0 Å². The predicted molar refractivity (Wildman–Crippen MR) is 122 cm³/mol. The first-order chi connectivity index (χ1) is 14.7. The minimum atomic E-state index is 0.686. The summed E-state index contributed by atoms with van der Waals surface area (Å²) < 4.78 is 10.7. The van der Waals surface area contributed by atoms with Crippen molar-refractivity contribution in [1.29, 1.82) is 0 Å². The molecular formula is C23H30N5OS+. The Kier molecular flexibility index (Phi) is 6.50. The SMILES string of the molecule is CCOc1ccccc1N1CC[NH+](Cn2nc(C)n(Cc3ccccc3)c2=S)CC1. The highest BCUT2D eigenvalue weighted by Gasteiger charge is 2.23. The second-order valence-electron chi connectivity index (χ2n) is 7.70. The molecule has 2 aromatic carbocycles. The molecule has 3 aromatic rings. The molecule has 0 bridgehead atoms. The number of anilines is 1. The lowest BCUT2D eigenvalue weighted by molar-refractivity contribution is -0.924. The summed E-state index contributed by atoms with van der Waals surface area (Å²) in [6, 6.07) is 18.7. The Morgan fingerprint density at radius 2 is 1.73 bits per heavy atom. The quantitative estimate of drug-likeness (QED) is 0.592. The Morgan fingerprint density at radius 3 is 2.47 bits per heavy atom. The van der Waals surface area contributed by atoms with E-state index in [4.69, 9.17) is 22.1 Å². The largest absolute Gasteiger partial charge is 0.492 e. The highest BCUT2D eigenvalue weighted by atomic mass is 32.1. The summed E-state index contributed by atoms with van der Waals surface area (Å²) in [5, 5.41) is 4.74. The summed E-state index contributed by atoms with van der Waals surface area (Å²) in [4.78, 5) is 3.92. The van der Waals surface area contributed by atoms with Crippen molar-refractivity contribution in [1.82, 2.24) is 14.3 Å². The van der Waals surface area contributed by atoms with E-state index in [0.717, 1.165) is 55.7 Å². The smallest absolute Gasteiger partial charge is 0.203 e. The van der Waals surface area contributed by atoms with Crippen LogP contribution in [0.4, 0.5) is 5.69 Å². The molecule has 1 aromatic heterocycles. The lowest BCUT2D eigenvalue weighted by atomic mass is 10.2. The van der Waals surface area contributed by atoms with Gasteiger partial charge in [-0.1, -0.05) is 42.5 Å². The van der Waals surface area contributed by atoms with Crippen LogP contribution in [0.3, 0.4) is 0 Å². The average molecular weight is 425 g/mol. The van der Waals surface area contributed by atoms with Crippen molar-refractivity contribution in [3.05, 3.63) is 70.8 Å². The van der Waals surface area contributed by atoms with Gasteiger partial charge in [0.05, 0.1) is 45.0 Å². The number of benzene rings is 2. The van der Waals surface area contributed by atoms with E-state index in [9.17, 15) is 0 Å². The minimum absolute atomic E-state index is 0.686. The van der Waals surface area contributed by atoms with Crippen molar-refractivity contribution >= 4 is 17.9 Å². The van der Waals surface area contributed by atoms with Crippen LogP contribution >= 0.6 is 12.2 Å². The highest BCUT2D eigenvalue weighted by molar-refractivity contribution is 7.71. The number of aryl methyl sites for hydroxylation is 1. The summed E-state index contributed by atoms with van der Waals surface area (Å²) in [5.74, 6) is 1.94. The molecule has 158 valence electrons. The zero-order chi connectivity index (χ0) is 20.9. The second-order valence-corrected chi connectivity index (χ2v) is 8.06. The lowest BCUT2D eigenvalue weighted by Crippen LogP contribution is -3.14. The topological polar surface area (TPSA) is 39.7 Å². The van der Waals surface area contributed by atoms with E-state index < -0.39 is 0 Å². The first kappa shape index (κ1) is 20.6. The first-order valence-corrected chi connectivity index (χ1v) is 11.0. The number of hydrogen-bond acceptors (Lipinski definition) is 4. The molecule has 0 radical (unpaired) electrons. The highest BCUT2D eigenvalue weighted by Crippen LogP contribution is 2.27. The van der Waals surface area contributed by atoms with Gasteiger partial charge in [0.25, 0.3) is 0 Å². The molecule has 1 fully saturated rings. The van der Waals surface area contributed by atoms with E-state index in [1.807, 2.05) is 30.7 Å². The molecule has 1 saturated heterocycles. The normalized spacial score (nSPS) is 14.8. The van der Waals surface area contributed by atoms with Crippen molar-refractivity contribution in [2.24, 2.45) is 0 Å². The lowest BCUT2D eigenvalue weighted by Gasteiger charge is -2.34. The molecule has 7 heteroatoms. The number of para-hydroxylation sites is 2. The third kappa shape index (κ3) is 4.57. The second kappa shape index (κ2) is 9.45. The van der Waals surface area contributed by atoms with Crippen LogP contribution in [-0.4, -0.2) is 47.1 Å². The maximum atomic E-state index is 5.81. The number of aromatic nitrogens is 3.